The third-order valence-corrected chi connectivity index (χ3v) is 2.84. The van der Waals surface area contributed by atoms with Crippen molar-refractivity contribution in [1.29, 1.82) is 0 Å². The molecule has 0 saturated heterocycles. The van der Waals surface area contributed by atoms with Gasteiger partial charge < -0.3 is 10.2 Å². The number of aliphatic hydroxyl groups is 2. The van der Waals surface area contributed by atoms with E-state index in [1.54, 1.807) is 0 Å². The Morgan fingerprint density at radius 3 is 1.60 bits per heavy atom. The van der Waals surface area contributed by atoms with Crippen molar-refractivity contribution in [3.05, 3.63) is 0 Å². The monoisotopic (exact) mass is 216 g/mol. The van der Waals surface area contributed by atoms with Gasteiger partial charge in [0.1, 0.15) is 0 Å². The maximum atomic E-state index is 9.59. The van der Waals surface area contributed by atoms with Crippen molar-refractivity contribution in [2.75, 3.05) is 0 Å². The van der Waals surface area contributed by atoms with Crippen molar-refractivity contribution < 1.29 is 10.2 Å². The van der Waals surface area contributed by atoms with Gasteiger partial charge in [-0.15, -0.1) is 0 Å². The average molecular weight is 216 g/mol. The summed E-state index contributed by atoms with van der Waals surface area (Å²) in [4.78, 5) is 0. The molecule has 0 spiro atoms. The molecule has 92 valence electrons. The fourth-order valence-corrected chi connectivity index (χ4v) is 1.82. The minimum Gasteiger partial charge on any atom is -0.393 e. The molecule has 0 aromatic carbocycles. The molecule has 0 aromatic rings. The van der Waals surface area contributed by atoms with Crippen LogP contribution in [0.25, 0.3) is 0 Å². The Bertz CT molecular complexity index is 126. The maximum absolute atomic E-state index is 9.59. The summed E-state index contributed by atoms with van der Waals surface area (Å²) in [6, 6.07) is 0. The molecule has 0 aliphatic carbocycles. The summed E-state index contributed by atoms with van der Waals surface area (Å²) in [5, 5.41) is 19.1. The molecular formula is C13H28O2. The van der Waals surface area contributed by atoms with Crippen LogP contribution in [0.2, 0.25) is 0 Å². The first-order valence-electron chi connectivity index (χ1n) is 6.56. The summed E-state index contributed by atoms with van der Waals surface area (Å²) in [5.41, 5.74) is 0. The van der Waals surface area contributed by atoms with Gasteiger partial charge in [0.25, 0.3) is 0 Å². The molecule has 0 heterocycles. The molecule has 0 bridgehead atoms. The quantitative estimate of drug-likeness (QED) is 0.550. The molecule has 0 aromatic heterocycles. The molecule has 2 heteroatoms. The highest BCUT2D eigenvalue weighted by Gasteiger charge is 2.05. The average Bonchev–Trinajstić information content (AvgIpc) is 2.22. The summed E-state index contributed by atoms with van der Waals surface area (Å²) in [6.45, 7) is 4.24. The lowest BCUT2D eigenvalue weighted by atomic mass is 10.0. The van der Waals surface area contributed by atoms with Crippen LogP contribution in [0.4, 0.5) is 0 Å². The van der Waals surface area contributed by atoms with Crippen molar-refractivity contribution in [3.8, 4) is 0 Å². The molecule has 0 radical (unpaired) electrons. The van der Waals surface area contributed by atoms with Crippen molar-refractivity contribution in [2.45, 2.75) is 83.8 Å². The van der Waals surface area contributed by atoms with E-state index in [-0.39, 0.29) is 12.2 Å². The van der Waals surface area contributed by atoms with Gasteiger partial charge in [-0.05, 0) is 25.7 Å². The van der Waals surface area contributed by atoms with Crippen LogP contribution in [-0.2, 0) is 0 Å². The Labute approximate surface area is 94.7 Å². The van der Waals surface area contributed by atoms with Crippen LogP contribution >= 0.6 is 0 Å². The molecule has 0 amide bonds. The SMILES string of the molecule is CCCCC(O)CCCCC(O)CCC. The third-order valence-electron chi connectivity index (χ3n) is 2.84. The van der Waals surface area contributed by atoms with Gasteiger partial charge in [-0.2, -0.15) is 0 Å². The Morgan fingerprint density at radius 2 is 1.13 bits per heavy atom. The standard InChI is InChI=1S/C13H28O2/c1-3-5-9-13(15)11-7-6-10-12(14)8-4-2/h12-15H,3-11H2,1-2H3. The Morgan fingerprint density at radius 1 is 0.667 bits per heavy atom. The van der Waals surface area contributed by atoms with E-state index >= 15 is 0 Å². The fraction of sp³-hybridized carbons (Fsp3) is 1.00. The summed E-state index contributed by atoms with van der Waals surface area (Å²) >= 11 is 0. The highest BCUT2D eigenvalue weighted by molar-refractivity contribution is 4.59. The summed E-state index contributed by atoms with van der Waals surface area (Å²) in [5.74, 6) is 0. The van der Waals surface area contributed by atoms with Gasteiger partial charge in [-0.3, -0.25) is 0 Å². The second-order valence-corrected chi connectivity index (χ2v) is 4.52. The molecule has 0 saturated carbocycles. The smallest absolute Gasteiger partial charge is 0.0540 e. The lowest BCUT2D eigenvalue weighted by Crippen LogP contribution is -2.08. The maximum Gasteiger partial charge on any atom is 0.0540 e. The van der Waals surface area contributed by atoms with Gasteiger partial charge in [-0.25, -0.2) is 0 Å². The Kier molecular flexibility index (Phi) is 10.4. The zero-order valence-electron chi connectivity index (χ0n) is 10.4. The van der Waals surface area contributed by atoms with Crippen molar-refractivity contribution in [2.24, 2.45) is 0 Å². The van der Waals surface area contributed by atoms with Gasteiger partial charge in [0, 0.05) is 0 Å². The minimum absolute atomic E-state index is 0.117. The minimum atomic E-state index is -0.122. The van der Waals surface area contributed by atoms with Crippen LogP contribution in [0.3, 0.4) is 0 Å². The van der Waals surface area contributed by atoms with E-state index in [4.69, 9.17) is 0 Å². The third kappa shape index (κ3) is 10.2. The number of hydrogen-bond donors (Lipinski definition) is 2. The second-order valence-electron chi connectivity index (χ2n) is 4.52. The van der Waals surface area contributed by atoms with E-state index in [1.807, 2.05) is 0 Å². The molecule has 2 unspecified atom stereocenters. The second kappa shape index (κ2) is 10.4. The van der Waals surface area contributed by atoms with E-state index < -0.39 is 0 Å². The van der Waals surface area contributed by atoms with E-state index in [0.29, 0.717) is 0 Å². The van der Waals surface area contributed by atoms with Crippen molar-refractivity contribution in [3.63, 3.8) is 0 Å². The molecule has 2 atom stereocenters. The van der Waals surface area contributed by atoms with E-state index in [1.165, 1.54) is 0 Å². The molecule has 0 aliphatic rings. The first-order chi connectivity index (χ1) is 7.20. The predicted octanol–water partition coefficient (Wildman–Crippen LogP) is 3.26. The van der Waals surface area contributed by atoms with Crippen LogP contribution in [0.15, 0.2) is 0 Å². The summed E-state index contributed by atoms with van der Waals surface area (Å²) in [7, 11) is 0. The van der Waals surface area contributed by atoms with Crippen molar-refractivity contribution >= 4 is 0 Å². The number of rotatable bonds is 10. The van der Waals surface area contributed by atoms with Crippen LogP contribution in [-0.4, -0.2) is 22.4 Å². The van der Waals surface area contributed by atoms with Crippen LogP contribution in [0, 0.1) is 0 Å². The zero-order chi connectivity index (χ0) is 11.5. The molecule has 2 nitrogen and oxygen atoms in total. The summed E-state index contributed by atoms with van der Waals surface area (Å²) < 4.78 is 0. The van der Waals surface area contributed by atoms with E-state index in [2.05, 4.69) is 13.8 Å². The van der Waals surface area contributed by atoms with Gasteiger partial charge in [0.05, 0.1) is 12.2 Å². The lowest BCUT2D eigenvalue weighted by molar-refractivity contribution is 0.133. The first kappa shape index (κ1) is 14.9. The van der Waals surface area contributed by atoms with E-state index in [9.17, 15) is 10.2 Å². The topological polar surface area (TPSA) is 40.5 Å². The molecule has 0 rings (SSSR count). The normalized spacial score (nSPS) is 15.2. The zero-order valence-corrected chi connectivity index (χ0v) is 10.4. The fourth-order valence-electron chi connectivity index (χ4n) is 1.82. The molecule has 0 aliphatic heterocycles. The molecule has 0 fully saturated rings. The first-order valence-corrected chi connectivity index (χ1v) is 6.56. The largest absolute Gasteiger partial charge is 0.393 e. The Balaban J connectivity index is 3.22. The number of aliphatic hydroxyl groups excluding tert-OH is 2. The van der Waals surface area contributed by atoms with Gasteiger partial charge in [-0.1, -0.05) is 46.0 Å². The number of hydrogen-bond acceptors (Lipinski definition) is 2. The highest BCUT2D eigenvalue weighted by atomic mass is 16.3. The van der Waals surface area contributed by atoms with Gasteiger partial charge in [0.2, 0.25) is 0 Å². The van der Waals surface area contributed by atoms with Gasteiger partial charge >= 0.3 is 0 Å². The molecular weight excluding hydrogens is 188 g/mol. The predicted molar refractivity (Wildman–Crippen MR) is 64.9 cm³/mol. The van der Waals surface area contributed by atoms with Crippen LogP contribution < -0.4 is 0 Å². The summed E-state index contributed by atoms with van der Waals surface area (Å²) in [6.07, 6.45) is 8.85. The highest BCUT2D eigenvalue weighted by Crippen LogP contribution is 2.12. The molecule has 2 N–H and O–H groups in total. The molecule has 15 heavy (non-hydrogen) atoms. The van der Waals surface area contributed by atoms with Gasteiger partial charge in [0.15, 0.2) is 0 Å². The van der Waals surface area contributed by atoms with Crippen LogP contribution in [0.5, 0.6) is 0 Å². The lowest BCUT2D eigenvalue weighted by Gasteiger charge is -2.11. The number of unbranched alkanes of at least 4 members (excludes halogenated alkanes) is 2. The van der Waals surface area contributed by atoms with Crippen LogP contribution in [0.1, 0.15) is 71.6 Å². The Hall–Kier alpha value is -0.0800. The van der Waals surface area contributed by atoms with Crippen molar-refractivity contribution in [1.82, 2.24) is 0 Å². The van der Waals surface area contributed by atoms with E-state index in [0.717, 1.165) is 57.8 Å².